The van der Waals surface area contributed by atoms with E-state index in [9.17, 15) is 0 Å². The third-order valence-corrected chi connectivity index (χ3v) is 4.08. The van der Waals surface area contributed by atoms with E-state index in [-0.39, 0.29) is 6.04 Å². The molecule has 0 bridgehead atoms. The number of nitrogens with two attached hydrogens (primary N) is 1. The normalized spacial score (nSPS) is 16.4. The highest BCUT2D eigenvalue weighted by Gasteiger charge is 2.25. The van der Waals surface area contributed by atoms with Crippen LogP contribution in [0, 0.1) is 5.92 Å². The highest BCUT2D eigenvalue weighted by molar-refractivity contribution is 5.83. The van der Waals surface area contributed by atoms with Crippen molar-refractivity contribution in [1.82, 2.24) is 15.1 Å². The van der Waals surface area contributed by atoms with Gasteiger partial charge in [-0.15, -0.1) is 0 Å². The molecule has 21 heavy (non-hydrogen) atoms. The average Bonchev–Trinajstić information content (AvgIpc) is 3.03. The summed E-state index contributed by atoms with van der Waals surface area (Å²) in [6.07, 6.45) is 6.18. The first-order valence-corrected chi connectivity index (χ1v) is 7.42. The number of hydrogen-bond acceptors (Lipinski definition) is 4. The van der Waals surface area contributed by atoms with Crippen LogP contribution in [-0.4, -0.2) is 15.1 Å². The predicted molar refractivity (Wildman–Crippen MR) is 79.7 cm³/mol. The summed E-state index contributed by atoms with van der Waals surface area (Å²) in [6.45, 7) is 0. The second kappa shape index (κ2) is 5.00. The van der Waals surface area contributed by atoms with Crippen LogP contribution in [0.15, 0.2) is 35.0 Å². The van der Waals surface area contributed by atoms with Crippen molar-refractivity contribution in [3.05, 3.63) is 47.7 Å². The zero-order valence-electron chi connectivity index (χ0n) is 11.7. The molecule has 0 spiro atoms. The quantitative estimate of drug-likeness (QED) is 0.754. The molecule has 1 atom stereocenters. The van der Waals surface area contributed by atoms with Gasteiger partial charge < -0.3 is 15.2 Å². The molecule has 108 valence electrons. The lowest BCUT2D eigenvalue weighted by Crippen LogP contribution is -2.13. The van der Waals surface area contributed by atoms with Gasteiger partial charge in [0.15, 0.2) is 5.82 Å². The molecule has 2 heterocycles. The molecule has 3 N–H and O–H groups in total. The first-order valence-electron chi connectivity index (χ1n) is 7.42. The molecule has 1 fully saturated rings. The molecule has 1 saturated carbocycles. The fraction of sp³-hybridized carbons (Fsp3) is 0.375. The summed E-state index contributed by atoms with van der Waals surface area (Å²) in [7, 11) is 0. The molecule has 0 aliphatic heterocycles. The fourth-order valence-electron chi connectivity index (χ4n) is 2.71. The Morgan fingerprint density at radius 1 is 1.33 bits per heavy atom. The molecule has 1 aromatic carbocycles. The fourth-order valence-corrected chi connectivity index (χ4v) is 2.71. The van der Waals surface area contributed by atoms with Gasteiger partial charge in [0.25, 0.3) is 0 Å². The number of hydrogen-bond donors (Lipinski definition) is 2. The molecule has 5 heteroatoms. The summed E-state index contributed by atoms with van der Waals surface area (Å²) in [5.74, 6) is 2.08. The molecular formula is C16H18N4O. The Hall–Kier alpha value is -2.14. The van der Waals surface area contributed by atoms with Crippen LogP contribution in [0.25, 0.3) is 10.9 Å². The minimum Gasteiger partial charge on any atom is -0.361 e. The Morgan fingerprint density at radius 3 is 3.05 bits per heavy atom. The Kier molecular flexibility index (Phi) is 3.00. The lowest BCUT2D eigenvalue weighted by atomic mass is 10.1. The van der Waals surface area contributed by atoms with E-state index >= 15 is 0 Å². The monoisotopic (exact) mass is 282 g/mol. The van der Waals surface area contributed by atoms with Crippen molar-refractivity contribution in [2.75, 3.05) is 0 Å². The van der Waals surface area contributed by atoms with Crippen LogP contribution in [0.1, 0.15) is 36.2 Å². The first kappa shape index (κ1) is 12.6. The van der Waals surface area contributed by atoms with Gasteiger partial charge in [-0.25, -0.2) is 0 Å². The summed E-state index contributed by atoms with van der Waals surface area (Å²) in [4.78, 5) is 7.70. The molecule has 1 aliphatic carbocycles. The smallest absolute Gasteiger partial charge is 0.243 e. The molecule has 0 amide bonds. The number of benzene rings is 1. The number of nitrogens with zero attached hydrogens (tertiary/aromatic N) is 2. The maximum absolute atomic E-state index is 6.23. The molecule has 4 rings (SSSR count). The summed E-state index contributed by atoms with van der Waals surface area (Å²) in [5, 5.41) is 5.23. The third-order valence-electron chi connectivity index (χ3n) is 4.08. The van der Waals surface area contributed by atoms with Crippen LogP contribution in [0.3, 0.4) is 0 Å². The number of fused-ring (bicyclic) bond motifs is 1. The number of para-hydroxylation sites is 1. The molecule has 5 nitrogen and oxygen atoms in total. The Labute approximate surface area is 122 Å². The maximum atomic E-state index is 6.23. The Bertz CT molecular complexity index is 756. The van der Waals surface area contributed by atoms with Crippen molar-refractivity contribution in [1.29, 1.82) is 0 Å². The number of aromatic nitrogens is 3. The summed E-state index contributed by atoms with van der Waals surface area (Å²) >= 11 is 0. The number of rotatable bonds is 5. The van der Waals surface area contributed by atoms with Gasteiger partial charge >= 0.3 is 0 Å². The number of aromatic amines is 1. The Balaban J connectivity index is 1.51. The van der Waals surface area contributed by atoms with Gasteiger partial charge in [-0.05, 0) is 36.8 Å². The van der Waals surface area contributed by atoms with Crippen LogP contribution in [0.4, 0.5) is 0 Å². The van der Waals surface area contributed by atoms with Crippen molar-refractivity contribution in [2.24, 2.45) is 11.7 Å². The SMILES string of the molecule is N[C@H](Cc1c[nH]c2ccccc12)c1nc(CC2CC2)no1. The van der Waals surface area contributed by atoms with Gasteiger partial charge in [0.2, 0.25) is 5.89 Å². The van der Waals surface area contributed by atoms with Crippen molar-refractivity contribution in [2.45, 2.75) is 31.7 Å². The number of H-pyrrole nitrogens is 1. The highest BCUT2D eigenvalue weighted by Crippen LogP contribution is 2.32. The molecular weight excluding hydrogens is 264 g/mol. The van der Waals surface area contributed by atoms with Crippen LogP contribution >= 0.6 is 0 Å². The molecule has 3 aromatic rings. The van der Waals surface area contributed by atoms with Gasteiger partial charge in [0.05, 0.1) is 6.04 Å². The molecule has 1 aliphatic rings. The van der Waals surface area contributed by atoms with Crippen molar-refractivity contribution >= 4 is 10.9 Å². The lowest BCUT2D eigenvalue weighted by molar-refractivity contribution is 0.350. The van der Waals surface area contributed by atoms with Gasteiger partial charge in [0, 0.05) is 23.5 Å². The van der Waals surface area contributed by atoms with E-state index in [0.717, 1.165) is 23.7 Å². The summed E-state index contributed by atoms with van der Waals surface area (Å²) < 4.78 is 5.32. The van der Waals surface area contributed by atoms with E-state index in [1.807, 2.05) is 18.3 Å². The van der Waals surface area contributed by atoms with E-state index in [2.05, 4.69) is 27.3 Å². The summed E-state index contributed by atoms with van der Waals surface area (Å²) in [6, 6.07) is 7.95. The van der Waals surface area contributed by atoms with Gasteiger partial charge in [-0.2, -0.15) is 4.98 Å². The zero-order chi connectivity index (χ0) is 14.2. The van der Waals surface area contributed by atoms with Crippen LogP contribution in [0.5, 0.6) is 0 Å². The second-order valence-electron chi connectivity index (χ2n) is 5.87. The van der Waals surface area contributed by atoms with Crippen LogP contribution < -0.4 is 5.73 Å². The topological polar surface area (TPSA) is 80.7 Å². The van der Waals surface area contributed by atoms with E-state index in [0.29, 0.717) is 12.3 Å². The largest absolute Gasteiger partial charge is 0.361 e. The van der Waals surface area contributed by atoms with Crippen LogP contribution in [0.2, 0.25) is 0 Å². The molecule has 2 aromatic heterocycles. The standard InChI is InChI=1S/C16H18N4O/c17-13(16-19-15(20-21-16)7-10-5-6-10)8-11-9-18-14-4-2-1-3-12(11)14/h1-4,9-10,13,18H,5-8,17H2/t13-/m1/s1. The van der Waals surface area contributed by atoms with E-state index < -0.39 is 0 Å². The van der Waals surface area contributed by atoms with Crippen LogP contribution in [-0.2, 0) is 12.8 Å². The first-order chi connectivity index (χ1) is 10.3. The van der Waals surface area contributed by atoms with Gasteiger partial charge in [-0.1, -0.05) is 23.4 Å². The van der Waals surface area contributed by atoms with E-state index in [1.165, 1.54) is 23.8 Å². The van der Waals surface area contributed by atoms with Gasteiger partial charge in [0.1, 0.15) is 0 Å². The van der Waals surface area contributed by atoms with E-state index in [4.69, 9.17) is 10.3 Å². The zero-order valence-corrected chi connectivity index (χ0v) is 11.7. The summed E-state index contributed by atoms with van der Waals surface area (Å²) in [5.41, 5.74) is 8.53. The van der Waals surface area contributed by atoms with Gasteiger partial charge in [-0.3, -0.25) is 0 Å². The minimum absolute atomic E-state index is 0.260. The minimum atomic E-state index is -0.260. The molecule has 0 unspecified atom stereocenters. The third kappa shape index (κ3) is 2.56. The second-order valence-corrected chi connectivity index (χ2v) is 5.87. The maximum Gasteiger partial charge on any atom is 0.243 e. The average molecular weight is 282 g/mol. The highest BCUT2D eigenvalue weighted by atomic mass is 16.5. The molecule has 0 saturated heterocycles. The van der Waals surface area contributed by atoms with Crippen molar-refractivity contribution in [3.8, 4) is 0 Å². The lowest BCUT2D eigenvalue weighted by Gasteiger charge is -2.05. The van der Waals surface area contributed by atoms with Crippen molar-refractivity contribution < 1.29 is 4.52 Å². The Morgan fingerprint density at radius 2 is 2.19 bits per heavy atom. The van der Waals surface area contributed by atoms with E-state index in [1.54, 1.807) is 0 Å². The number of nitrogens with one attached hydrogen (secondary N) is 1. The predicted octanol–water partition coefficient (Wildman–Crippen LogP) is 2.75. The van der Waals surface area contributed by atoms with Crippen molar-refractivity contribution in [3.63, 3.8) is 0 Å². The molecule has 0 radical (unpaired) electrons.